The maximum absolute atomic E-state index is 6.08. The fourth-order valence-electron chi connectivity index (χ4n) is 3.55. The highest BCUT2D eigenvalue weighted by Crippen LogP contribution is 2.56. The van der Waals surface area contributed by atoms with E-state index in [1.165, 1.54) is 37.7 Å². The molecule has 1 aromatic carbocycles. The van der Waals surface area contributed by atoms with E-state index in [1.54, 1.807) is 0 Å². The van der Waals surface area contributed by atoms with E-state index in [1.807, 2.05) is 6.07 Å². The lowest BCUT2D eigenvalue weighted by atomic mass is 9.77. The molecule has 2 aliphatic carbocycles. The van der Waals surface area contributed by atoms with Crippen molar-refractivity contribution in [3.05, 3.63) is 29.8 Å². The molecule has 74 valence electrons. The topological polar surface area (TPSA) is 26.0 Å². The zero-order valence-corrected chi connectivity index (χ0v) is 8.50. The van der Waals surface area contributed by atoms with E-state index in [0.717, 1.165) is 11.6 Å². The molecule has 1 heteroatoms. The van der Waals surface area contributed by atoms with Gasteiger partial charge in [-0.3, -0.25) is 0 Å². The third kappa shape index (κ3) is 1.01. The second-order valence-corrected chi connectivity index (χ2v) is 5.02. The Morgan fingerprint density at radius 3 is 2.43 bits per heavy atom. The number of benzene rings is 1. The quantitative estimate of drug-likeness (QED) is 0.672. The molecule has 0 radical (unpaired) electrons. The number of rotatable bonds is 1. The average Bonchev–Trinajstić information content (AvgIpc) is 2.79. The second-order valence-electron chi connectivity index (χ2n) is 5.02. The summed E-state index contributed by atoms with van der Waals surface area (Å²) < 4.78 is 0. The SMILES string of the molecule is Nc1ccccc1C12CCC(CC1)C2. The van der Waals surface area contributed by atoms with Gasteiger partial charge >= 0.3 is 0 Å². The molecule has 2 N–H and O–H groups in total. The van der Waals surface area contributed by atoms with Gasteiger partial charge in [0, 0.05) is 5.69 Å². The first-order valence-corrected chi connectivity index (χ1v) is 5.65. The third-order valence-corrected chi connectivity index (χ3v) is 4.27. The molecule has 0 amide bonds. The molecule has 14 heavy (non-hydrogen) atoms. The lowest BCUT2D eigenvalue weighted by Gasteiger charge is -2.28. The molecule has 1 aromatic rings. The lowest BCUT2D eigenvalue weighted by Crippen LogP contribution is -2.21. The van der Waals surface area contributed by atoms with E-state index >= 15 is 0 Å². The number of hydrogen-bond acceptors (Lipinski definition) is 1. The predicted molar refractivity (Wildman–Crippen MR) is 59.1 cm³/mol. The Labute approximate surface area is 85.3 Å². The highest BCUT2D eigenvalue weighted by molar-refractivity contribution is 5.51. The molecule has 0 saturated heterocycles. The summed E-state index contributed by atoms with van der Waals surface area (Å²) in [5.41, 5.74) is 8.99. The van der Waals surface area contributed by atoms with Crippen LogP contribution in [-0.2, 0) is 5.41 Å². The Balaban J connectivity index is 2.06. The Morgan fingerprint density at radius 2 is 1.86 bits per heavy atom. The van der Waals surface area contributed by atoms with Crippen LogP contribution < -0.4 is 5.73 Å². The predicted octanol–water partition coefficient (Wildman–Crippen LogP) is 3.10. The van der Waals surface area contributed by atoms with Crippen molar-refractivity contribution in [3.8, 4) is 0 Å². The summed E-state index contributed by atoms with van der Waals surface area (Å²) in [5.74, 6) is 0.995. The van der Waals surface area contributed by atoms with Crippen LogP contribution in [0.4, 0.5) is 5.69 Å². The smallest absolute Gasteiger partial charge is 0.0352 e. The van der Waals surface area contributed by atoms with Crippen molar-refractivity contribution in [2.24, 2.45) is 5.92 Å². The van der Waals surface area contributed by atoms with E-state index < -0.39 is 0 Å². The second kappa shape index (κ2) is 2.75. The maximum atomic E-state index is 6.08. The number of fused-ring (bicyclic) bond motifs is 2. The molecule has 2 bridgehead atoms. The maximum Gasteiger partial charge on any atom is 0.0352 e. The van der Waals surface area contributed by atoms with Crippen molar-refractivity contribution in [1.29, 1.82) is 0 Å². The number of hydrogen-bond donors (Lipinski definition) is 1. The molecule has 3 rings (SSSR count). The van der Waals surface area contributed by atoms with Crippen molar-refractivity contribution in [2.75, 3.05) is 5.73 Å². The van der Waals surface area contributed by atoms with Gasteiger partial charge in [-0.1, -0.05) is 18.2 Å². The summed E-state index contributed by atoms with van der Waals surface area (Å²) in [6.07, 6.45) is 6.97. The molecule has 0 spiro atoms. The van der Waals surface area contributed by atoms with Gasteiger partial charge in [-0.05, 0) is 55.1 Å². The van der Waals surface area contributed by atoms with Gasteiger partial charge in [0.25, 0.3) is 0 Å². The van der Waals surface area contributed by atoms with E-state index in [0.29, 0.717) is 5.41 Å². The molecule has 0 aliphatic heterocycles. The fourth-order valence-corrected chi connectivity index (χ4v) is 3.55. The van der Waals surface area contributed by atoms with Gasteiger partial charge < -0.3 is 5.73 Å². The van der Waals surface area contributed by atoms with Gasteiger partial charge in [-0.15, -0.1) is 0 Å². The number of anilines is 1. The summed E-state index contributed by atoms with van der Waals surface area (Å²) in [6.45, 7) is 0. The molecular weight excluding hydrogens is 170 g/mol. The standard InChI is InChI=1S/C13H17N/c14-12-4-2-1-3-11(12)13-7-5-10(9-13)6-8-13/h1-4,10H,5-9,14H2. The van der Waals surface area contributed by atoms with Gasteiger partial charge in [-0.25, -0.2) is 0 Å². The van der Waals surface area contributed by atoms with Crippen LogP contribution in [0.1, 0.15) is 37.7 Å². The molecular formula is C13H17N. The summed E-state index contributed by atoms with van der Waals surface area (Å²) >= 11 is 0. The lowest BCUT2D eigenvalue weighted by molar-refractivity contribution is 0.420. The van der Waals surface area contributed by atoms with Crippen LogP contribution in [-0.4, -0.2) is 0 Å². The van der Waals surface area contributed by atoms with Gasteiger partial charge in [0.15, 0.2) is 0 Å². The van der Waals surface area contributed by atoms with Crippen LogP contribution in [0.3, 0.4) is 0 Å². The zero-order valence-electron chi connectivity index (χ0n) is 8.50. The molecule has 2 fully saturated rings. The van der Waals surface area contributed by atoms with Crippen molar-refractivity contribution in [1.82, 2.24) is 0 Å². The Morgan fingerprint density at radius 1 is 1.14 bits per heavy atom. The summed E-state index contributed by atoms with van der Waals surface area (Å²) in [4.78, 5) is 0. The number of para-hydroxylation sites is 1. The molecule has 2 aliphatic rings. The minimum Gasteiger partial charge on any atom is -0.398 e. The Kier molecular flexibility index (Phi) is 1.64. The van der Waals surface area contributed by atoms with Crippen molar-refractivity contribution < 1.29 is 0 Å². The van der Waals surface area contributed by atoms with Crippen LogP contribution in [0.2, 0.25) is 0 Å². The molecule has 0 heterocycles. The monoisotopic (exact) mass is 187 g/mol. The van der Waals surface area contributed by atoms with Crippen molar-refractivity contribution in [3.63, 3.8) is 0 Å². The molecule has 2 saturated carbocycles. The highest BCUT2D eigenvalue weighted by Gasteiger charge is 2.46. The van der Waals surface area contributed by atoms with E-state index in [2.05, 4.69) is 18.2 Å². The van der Waals surface area contributed by atoms with Crippen LogP contribution in [0, 0.1) is 5.92 Å². The fraction of sp³-hybridized carbons (Fsp3) is 0.538. The molecule has 0 atom stereocenters. The first kappa shape index (κ1) is 8.34. The Hall–Kier alpha value is -0.980. The van der Waals surface area contributed by atoms with Crippen LogP contribution in [0.25, 0.3) is 0 Å². The van der Waals surface area contributed by atoms with Gasteiger partial charge in [0.2, 0.25) is 0 Å². The number of nitrogen functional groups attached to an aromatic ring is 1. The molecule has 0 aromatic heterocycles. The van der Waals surface area contributed by atoms with Gasteiger partial charge in [0.05, 0.1) is 0 Å². The van der Waals surface area contributed by atoms with E-state index in [9.17, 15) is 0 Å². The summed E-state index contributed by atoms with van der Waals surface area (Å²) in [6, 6.07) is 8.46. The van der Waals surface area contributed by atoms with Crippen molar-refractivity contribution in [2.45, 2.75) is 37.5 Å². The first-order chi connectivity index (χ1) is 6.80. The third-order valence-electron chi connectivity index (χ3n) is 4.27. The normalized spacial score (nSPS) is 35.0. The van der Waals surface area contributed by atoms with E-state index in [-0.39, 0.29) is 0 Å². The average molecular weight is 187 g/mol. The summed E-state index contributed by atoms with van der Waals surface area (Å²) in [7, 11) is 0. The van der Waals surface area contributed by atoms with E-state index in [4.69, 9.17) is 5.73 Å². The van der Waals surface area contributed by atoms with Crippen molar-refractivity contribution >= 4 is 5.69 Å². The van der Waals surface area contributed by atoms with Gasteiger partial charge in [-0.2, -0.15) is 0 Å². The molecule has 1 nitrogen and oxygen atoms in total. The largest absolute Gasteiger partial charge is 0.398 e. The van der Waals surface area contributed by atoms with Crippen LogP contribution >= 0.6 is 0 Å². The molecule has 0 unspecified atom stereocenters. The first-order valence-electron chi connectivity index (χ1n) is 5.65. The number of nitrogens with two attached hydrogens (primary N) is 1. The highest BCUT2D eigenvalue weighted by atomic mass is 14.6. The minimum absolute atomic E-state index is 0.468. The van der Waals surface area contributed by atoms with Crippen LogP contribution in [0.5, 0.6) is 0 Å². The zero-order chi connectivity index (χ0) is 9.60. The van der Waals surface area contributed by atoms with Crippen LogP contribution in [0.15, 0.2) is 24.3 Å². The minimum atomic E-state index is 0.468. The summed E-state index contributed by atoms with van der Waals surface area (Å²) in [5, 5.41) is 0. The van der Waals surface area contributed by atoms with Gasteiger partial charge in [0.1, 0.15) is 0 Å². The Bertz CT molecular complexity index is 348.